The summed E-state index contributed by atoms with van der Waals surface area (Å²) in [5, 5.41) is 3.68. The topological polar surface area (TPSA) is 62.3 Å². The van der Waals surface area contributed by atoms with E-state index in [2.05, 4.69) is 10.3 Å². The Morgan fingerprint density at radius 3 is 2.96 bits per heavy atom. The second kappa shape index (κ2) is 6.49. The van der Waals surface area contributed by atoms with Gasteiger partial charge in [0, 0.05) is 18.7 Å². The van der Waals surface area contributed by atoms with Gasteiger partial charge in [-0.1, -0.05) is 12.1 Å². The molecule has 4 rings (SSSR count). The first-order chi connectivity index (χ1) is 12.5. The molecule has 2 heterocycles. The van der Waals surface area contributed by atoms with Gasteiger partial charge in [-0.3, -0.25) is 9.59 Å². The summed E-state index contributed by atoms with van der Waals surface area (Å²) in [6, 6.07) is 10.3. The van der Waals surface area contributed by atoms with Crippen LogP contribution in [0.25, 0.3) is 10.2 Å². The number of hydrogen-bond donors (Lipinski definition) is 1. The van der Waals surface area contributed by atoms with E-state index in [1.54, 1.807) is 35.6 Å². The van der Waals surface area contributed by atoms with Gasteiger partial charge < -0.3 is 10.2 Å². The standard InChI is InChI=1S/C19H16FN3O2S/c1-11-22-15-10-13(5-6-16(15)26-11)19(25)23-8-7-21-18(24)17(23)12-3-2-4-14(20)9-12/h2-6,9-10,17H,7-8H2,1H3,(H,21,24)/t17-/m0/s1. The Kier molecular flexibility index (Phi) is 4.16. The van der Waals surface area contributed by atoms with Crippen molar-refractivity contribution in [2.75, 3.05) is 13.1 Å². The fourth-order valence-electron chi connectivity index (χ4n) is 3.24. The van der Waals surface area contributed by atoms with Gasteiger partial charge in [-0.15, -0.1) is 11.3 Å². The average molecular weight is 369 g/mol. The lowest BCUT2D eigenvalue weighted by atomic mass is 10.0. The molecule has 2 aromatic carbocycles. The molecule has 2 amide bonds. The van der Waals surface area contributed by atoms with Crippen LogP contribution in [0.2, 0.25) is 0 Å². The number of carbonyl (C=O) groups is 2. The fraction of sp³-hybridized carbons (Fsp3) is 0.211. The smallest absolute Gasteiger partial charge is 0.254 e. The lowest BCUT2D eigenvalue weighted by Gasteiger charge is -2.35. The lowest BCUT2D eigenvalue weighted by Crippen LogP contribution is -2.52. The Morgan fingerprint density at radius 2 is 2.15 bits per heavy atom. The monoisotopic (exact) mass is 369 g/mol. The Hall–Kier alpha value is -2.80. The Morgan fingerprint density at radius 1 is 1.31 bits per heavy atom. The SMILES string of the molecule is Cc1nc2cc(C(=O)N3CCNC(=O)[C@@H]3c3cccc(F)c3)ccc2s1. The van der Waals surface area contributed by atoms with Crippen LogP contribution in [0, 0.1) is 12.7 Å². The number of nitrogens with one attached hydrogen (secondary N) is 1. The number of rotatable bonds is 2. The van der Waals surface area contributed by atoms with Gasteiger partial charge in [-0.2, -0.15) is 0 Å². The molecule has 1 aliphatic rings. The first kappa shape index (κ1) is 16.7. The molecule has 0 radical (unpaired) electrons. The number of carbonyl (C=O) groups excluding carboxylic acids is 2. The minimum atomic E-state index is -0.847. The van der Waals surface area contributed by atoms with Gasteiger partial charge in [0.2, 0.25) is 5.91 Å². The molecule has 0 spiro atoms. The Balaban J connectivity index is 1.72. The maximum atomic E-state index is 13.6. The number of hydrogen-bond acceptors (Lipinski definition) is 4. The van der Waals surface area contributed by atoms with Gasteiger partial charge in [0.15, 0.2) is 0 Å². The molecule has 1 fully saturated rings. The van der Waals surface area contributed by atoms with Crippen LogP contribution in [0.4, 0.5) is 4.39 Å². The summed E-state index contributed by atoms with van der Waals surface area (Å²) >= 11 is 1.57. The Labute approximate surface area is 153 Å². The zero-order chi connectivity index (χ0) is 18.3. The van der Waals surface area contributed by atoms with E-state index in [1.165, 1.54) is 17.0 Å². The van der Waals surface area contributed by atoms with Crippen LogP contribution in [-0.4, -0.2) is 34.8 Å². The zero-order valence-corrected chi connectivity index (χ0v) is 14.8. The van der Waals surface area contributed by atoms with Crippen molar-refractivity contribution < 1.29 is 14.0 Å². The number of fused-ring (bicyclic) bond motifs is 1. The first-order valence-corrected chi connectivity index (χ1v) is 9.06. The normalized spacial score (nSPS) is 17.4. The summed E-state index contributed by atoms with van der Waals surface area (Å²) < 4.78 is 14.6. The first-order valence-electron chi connectivity index (χ1n) is 8.24. The minimum absolute atomic E-state index is 0.262. The van der Waals surface area contributed by atoms with Gasteiger partial charge in [0.25, 0.3) is 5.91 Å². The molecule has 0 saturated carbocycles. The predicted octanol–water partition coefficient (Wildman–Crippen LogP) is 3.06. The second-order valence-electron chi connectivity index (χ2n) is 6.16. The largest absolute Gasteiger partial charge is 0.352 e. The van der Waals surface area contributed by atoms with Crippen molar-refractivity contribution in [3.8, 4) is 0 Å². The molecule has 132 valence electrons. The molecule has 0 unspecified atom stereocenters. The van der Waals surface area contributed by atoms with Crippen molar-refractivity contribution in [3.05, 3.63) is 64.4 Å². The van der Waals surface area contributed by atoms with Crippen LogP contribution >= 0.6 is 11.3 Å². The van der Waals surface area contributed by atoms with E-state index in [4.69, 9.17) is 0 Å². The molecule has 1 atom stereocenters. The van der Waals surface area contributed by atoms with Crippen molar-refractivity contribution >= 4 is 33.4 Å². The molecule has 1 aromatic heterocycles. The van der Waals surface area contributed by atoms with Crippen LogP contribution in [-0.2, 0) is 4.79 Å². The molecule has 26 heavy (non-hydrogen) atoms. The molecular formula is C19H16FN3O2S. The maximum absolute atomic E-state index is 13.6. The summed E-state index contributed by atoms with van der Waals surface area (Å²) in [6.45, 7) is 2.65. The van der Waals surface area contributed by atoms with E-state index in [0.29, 0.717) is 24.2 Å². The second-order valence-corrected chi connectivity index (χ2v) is 7.40. The molecule has 5 nitrogen and oxygen atoms in total. The molecule has 1 aliphatic heterocycles. The average Bonchev–Trinajstić information content (AvgIpc) is 3.00. The van der Waals surface area contributed by atoms with Gasteiger partial charge in [0.1, 0.15) is 11.9 Å². The molecule has 7 heteroatoms. The van der Waals surface area contributed by atoms with Crippen LogP contribution in [0.3, 0.4) is 0 Å². The molecule has 3 aromatic rings. The highest BCUT2D eigenvalue weighted by atomic mass is 32.1. The summed E-state index contributed by atoms with van der Waals surface area (Å²) in [6.07, 6.45) is 0. The van der Waals surface area contributed by atoms with Crippen molar-refractivity contribution in [1.29, 1.82) is 0 Å². The number of benzene rings is 2. The number of amides is 2. The van der Waals surface area contributed by atoms with Gasteiger partial charge in [-0.05, 0) is 42.8 Å². The highest BCUT2D eigenvalue weighted by Gasteiger charge is 2.35. The number of thiazole rings is 1. The summed E-state index contributed by atoms with van der Waals surface area (Å²) in [4.78, 5) is 31.4. The van der Waals surface area contributed by atoms with Crippen molar-refractivity contribution in [3.63, 3.8) is 0 Å². The van der Waals surface area contributed by atoms with Gasteiger partial charge >= 0.3 is 0 Å². The number of nitrogens with zero attached hydrogens (tertiary/aromatic N) is 2. The van der Waals surface area contributed by atoms with Gasteiger partial charge in [0.05, 0.1) is 15.2 Å². The number of piperazine rings is 1. The van der Waals surface area contributed by atoms with E-state index >= 15 is 0 Å². The van der Waals surface area contributed by atoms with E-state index in [1.807, 2.05) is 13.0 Å². The third-order valence-electron chi connectivity index (χ3n) is 4.38. The van der Waals surface area contributed by atoms with Crippen LogP contribution in [0.1, 0.15) is 27.0 Å². The zero-order valence-electron chi connectivity index (χ0n) is 14.0. The Bertz CT molecular complexity index is 1020. The summed E-state index contributed by atoms with van der Waals surface area (Å²) in [5.74, 6) is -1.00. The van der Waals surface area contributed by atoms with E-state index in [0.717, 1.165) is 15.2 Å². The molecule has 0 bridgehead atoms. The molecule has 0 aliphatic carbocycles. The van der Waals surface area contributed by atoms with Crippen molar-refractivity contribution in [2.24, 2.45) is 0 Å². The number of aryl methyl sites for hydroxylation is 1. The molecule has 1 N–H and O–H groups in total. The van der Waals surface area contributed by atoms with Crippen molar-refractivity contribution in [1.82, 2.24) is 15.2 Å². The number of aromatic nitrogens is 1. The minimum Gasteiger partial charge on any atom is -0.352 e. The number of halogens is 1. The van der Waals surface area contributed by atoms with Crippen molar-refractivity contribution in [2.45, 2.75) is 13.0 Å². The van der Waals surface area contributed by atoms with Crippen LogP contribution in [0.5, 0.6) is 0 Å². The van der Waals surface area contributed by atoms with E-state index < -0.39 is 11.9 Å². The third kappa shape index (κ3) is 2.94. The highest BCUT2D eigenvalue weighted by Crippen LogP contribution is 2.28. The van der Waals surface area contributed by atoms with E-state index in [-0.39, 0.29) is 11.8 Å². The van der Waals surface area contributed by atoms with Crippen LogP contribution < -0.4 is 5.32 Å². The van der Waals surface area contributed by atoms with Gasteiger partial charge in [-0.25, -0.2) is 9.37 Å². The summed E-state index contributed by atoms with van der Waals surface area (Å²) in [7, 11) is 0. The van der Waals surface area contributed by atoms with Crippen LogP contribution in [0.15, 0.2) is 42.5 Å². The fourth-order valence-corrected chi connectivity index (χ4v) is 4.04. The third-order valence-corrected chi connectivity index (χ3v) is 5.33. The lowest BCUT2D eigenvalue weighted by molar-refractivity contribution is -0.128. The summed E-state index contributed by atoms with van der Waals surface area (Å²) in [5.41, 5.74) is 1.70. The quantitative estimate of drug-likeness (QED) is 0.755. The predicted molar refractivity (Wildman–Crippen MR) is 97.5 cm³/mol. The van der Waals surface area contributed by atoms with E-state index in [9.17, 15) is 14.0 Å². The molecule has 1 saturated heterocycles. The highest BCUT2D eigenvalue weighted by molar-refractivity contribution is 7.18. The maximum Gasteiger partial charge on any atom is 0.254 e. The molecular weight excluding hydrogens is 353 g/mol.